The number of para-hydroxylation sites is 1. The Morgan fingerprint density at radius 3 is 2.62 bits per heavy atom. The molecule has 0 aliphatic heterocycles. The smallest absolute Gasteiger partial charge is 0.0763 e. The first-order valence-corrected chi connectivity index (χ1v) is 4.07. The average molecular weight is 169 g/mol. The van der Waals surface area contributed by atoms with E-state index in [0.717, 1.165) is 11.3 Å². The summed E-state index contributed by atoms with van der Waals surface area (Å²) in [6.07, 6.45) is 11.0. The molecule has 1 N–H and O–H groups in total. The highest BCUT2D eigenvalue weighted by Crippen LogP contribution is 2.14. The first-order chi connectivity index (χ1) is 6.38. The number of rotatable bonds is 3. The molecule has 0 unspecified atom stereocenters. The summed E-state index contributed by atoms with van der Waals surface area (Å²) in [7, 11) is 0. The molecule has 0 heterocycles. The van der Waals surface area contributed by atoms with Crippen LogP contribution in [0.1, 0.15) is 5.56 Å². The topological polar surface area (TPSA) is 12.0 Å². The molecule has 0 fully saturated rings. The second-order valence-electron chi connectivity index (χ2n) is 2.60. The number of hydrogen-bond acceptors (Lipinski definition) is 1. The van der Waals surface area contributed by atoms with Gasteiger partial charge < -0.3 is 5.32 Å². The van der Waals surface area contributed by atoms with Crippen molar-refractivity contribution in [2.75, 3.05) is 11.9 Å². The number of nitrogens with one attached hydrogen (secondary N) is 1. The molecule has 0 aliphatic carbocycles. The van der Waals surface area contributed by atoms with E-state index in [1.54, 1.807) is 0 Å². The molecule has 0 radical (unpaired) electrons. The Balaban J connectivity index is 2.80. The van der Waals surface area contributed by atoms with Gasteiger partial charge in [-0.25, -0.2) is 0 Å². The molecule has 1 rings (SSSR count). The minimum atomic E-state index is 0.529. The van der Waals surface area contributed by atoms with Crippen molar-refractivity contribution in [2.24, 2.45) is 0 Å². The summed E-state index contributed by atoms with van der Waals surface area (Å²) in [6.45, 7) is 0.529. The molecular weight excluding hydrogens is 158 g/mol. The van der Waals surface area contributed by atoms with Crippen molar-refractivity contribution in [2.45, 2.75) is 6.42 Å². The van der Waals surface area contributed by atoms with E-state index in [1.807, 2.05) is 24.3 Å². The molecule has 0 saturated heterocycles. The summed E-state index contributed by atoms with van der Waals surface area (Å²) >= 11 is 0. The third-order valence-corrected chi connectivity index (χ3v) is 1.69. The lowest BCUT2D eigenvalue weighted by molar-refractivity contribution is 1.27. The van der Waals surface area contributed by atoms with Crippen LogP contribution in [0.3, 0.4) is 0 Å². The van der Waals surface area contributed by atoms with Crippen LogP contribution in [0, 0.1) is 24.7 Å². The summed E-state index contributed by atoms with van der Waals surface area (Å²) in [6, 6.07) is 7.90. The van der Waals surface area contributed by atoms with Crippen molar-refractivity contribution in [3.63, 3.8) is 0 Å². The third kappa shape index (κ3) is 2.58. The fourth-order valence-electron chi connectivity index (χ4n) is 1.10. The standard InChI is InChI=1S/C12H11N/c1-3-7-11-8-5-6-9-12(11)13-10-4-2/h1-2,5-6,8-9,13H,7,10H2. The van der Waals surface area contributed by atoms with Gasteiger partial charge in [-0.15, -0.1) is 18.8 Å². The van der Waals surface area contributed by atoms with E-state index in [-0.39, 0.29) is 0 Å². The van der Waals surface area contributed by atoms with Crippen molar-refractivity contribution in [1.29, 1.82) is 0 Å². The van der Waals surface area contributed by atoms with Gasteiger partial charge in [0.05, 0.1) is 6.54 Å². The Morgan fingerprint density at radius 1 is 1.15 bits per heavy atom. The van der Waals surface area contributed by atoms with Gasteiger partial charge in [-0.3, -0.25) is 0 Å². The van der Waals surface area contributed by atoms with Gasteiger partial charge in [-0.1, -0.05) is 24.1 Å². The summed E-state index contributed by atoms with van der Waals surface area (Å²) in [5, 5.41) is 3.12. The maximum absolute atomic E-state index is 5.24. The molecular formula is C12H11N. The Kier molecular flexibility index (Phi) is 3.48. The molecule has 1 nitrogen and oxygen atoms in total. The third-order valence-electron chi connectivity index (χ3n) is 1.69. The Hall–Kier alpha value is -1.86. The monoisotopic (exact) mass is 169 g/mol. The van der Waals surface area contributed by atoms with Crippen LogP contribution in [0.2, 0.25) is 0 Å². The normalized spacial score (nSPS) is 8.46. The predicted molar refractivity (Wildman–Crippen MR) is 56.3 cm³/mol. The van der Waals surface area contributed by atoms with E-state index < -0.39 is 0 Å². The van der Waals surface area contributed by atoms with Crippen molar-refractivity contribution in [1.82, 2.24) is 0 Å². The summed E-state index contributed by atoms with van der Waals surface area (Å²) < 4.78 is 0. The molecule has 0 bridgehead atoms. The first kappa shape index (κ1) is 9.23. The highest BCUT2D eigenvalue weighted by molar-refractivity contribution is 5.52. The van der Waals surface area contributed by atoms with Crippen LogP contribution in [-0.2, 0) is 6.42 Å². The molecule has 1 heteroatoms. The Bertz CT molecular complexity index is 352. The lowest BCUT2D eigenvalue weighted by Gasteiger charge is -2.06. The van der Waals surface area contributed by atoms with Crippen molar-refractivity contribution < 1.29 is 0 Å². The van der Waals surface area contributed by atoms with Gasteiger partial charge in [0.2, 0.25) is 0 Å². The second kappa shape index (κ2) is 4.91. The van der Waals surface area contributed by atoms with Gasteiger partial charge in [0.15, 0.2) is 0 Å². The van der Waals surface area contributed by atoms with E-state index in [4.69, 9.17) is 12.8 Å². The van der Waals surface area contributed by atoms with Gasteiger partial charge in [-0.2, -0.15) is 0 Å². The minimum Gasteiger partial charge on any atom is -0.374 e. The number of benzene rings is 1. The quantitative estimate of drug-likeness (QED) is 0.681. The minimum absolute atomic E-state index is 0.529. The van der Waals surface area contributed by atoms with Crippen LogP contribution in [0.4, 0.5) is 5.69 Å². The largest absolute Gasteiger partial charge is 0.374 e. The van der Waals surface area contributed by atoms with E-state index in [0.29, 0.717) is 13.0 Å². The van der Waals surface area contributed by atoms with Crippen molar-refractivity contribution >= 4 is 5.69 Å². The van der Waals surface area contributed by atoms with Crippen molar-refractivity contribution in [3.05, 3.63) is 29.8 Å². The number of anilines is 1. The summed E-state index contributed by atoms with van der Waals surface area (Å²) in [5.74, 6) is 5.13. The van der Waals surface area contributed by atoms with E-state index >= 15 is 0 Å². The Labute approximate surface area is 79.2 Å². The average Bonchev–Trinajstić information content (AvgIpc) is 2.17. The van der Waals surface area contributed by atoms with Gasteiger partial charge in [-0.05, 0) is 11.6 Å². The summed E-state index contributed by atoms with van der Waals surface area (Å²) in [5.41, 5.74) is 2.14. The zero-order valence-electron chi connectivity index (χ0n) is 7.38. The first-order valence-electron chi connectivity index (χ1n) is 4.07. The predicted octanol–water partition coefficient (Wildman–Crippen LogP) is 1.91. The molecule has 1 aromatic rings. The highest BCUT2D eigenvalue weighted by atomic mass is 14.9. The maximum atomic E-state index is 5.24. The molecule has 1 aromatic carbocycles. The SMILES string of the molecule is C#CCNc1ccccc1CC#C. The molecule has 64 valence electrons. The van der Waals surface area contributed by atoms with E-state index in [2.05, 4.69) is 17.2 Å². The lowest BCUT2D eigenvalue weighted by Crippen LogP contribution is -2.01. The van der Waals surface area contributed by atoms with Crippen LogP contribution in [0.25, 0.3) is 0 Å². The van der Waals surface area contributed by atoms with Crippen LogP contribution >= 0.6 is 0 Å². The van der Waals surface area contributed by atoms with Crippen molar-refractivity contribution in [3.8, 4) is 24.7 Å². The second-order valence-corrected chi connectivity index (χ2v) is 2.60. The van der Waals surface area contributed by atoms with Gasteiger partial charge in [0, 0.05) is 12.1 Å². The number of hydrogen-bond donors (Lipinski definition) is 1. The van der Waals surface area contributed by atoms with Gasteiger partial charge in [0.1, 0.15) is 0 Å². The van der Waals surface area contributed by atoms with Crippen LogP contribution in [-0.4, -0.2) is 6.54 Å². The molecule has 13 heavy (non-hydrogen) atoms. The lowest BCUT2D eigenvalue weighted by atomic mass is 10.1. The van der Waals surface area contributed by atoms with Crippen LogP contribution < -0.4 is 5.32 Å². The molecule has 0 atom stereocenters. The van der Waals surface area contributed by atoms with Crippen LogP contribution in [0.5, 0.6) is 0 Å². The zero-order chi connectivity index (χ0) is 9.52. The fraction of sp³-hybridized carbons (Fsp3) is 0.167. The number of terminal acetylenes is 2. The summed E-state index contributed by atoms with van der Waals surface area (Å²) in [4.78, 5) is 0. The molecule has 0 aliphatic rings. The van der Waals surface area contributed by atoms with Gasteiger partial charge >= 0.3 is 0 Å². The van der Waals surface area contributed by atoms with E-state index in [1.165, 1.54) is 0 Å². The maximum Gasteiger partial charge on any atom is 0.0763 e. The van der Waals surface area contributed by atoms with Crippen LogP contribution in [0.15, 0.2) is 24.3 Å². The fourth-order valence-corrected chi connectivity index (χ4v) is 1.10. The zero-order valence-corrected chi connectivity index (χ0v) is 7.38. The molecule has 0 saturated carbocycles. The molecule has 0 aromatic heterocycles. The molecule has 0 spiro atoms. The van der Waals surface area contributed by atoms with E-state index in [9.17, 15) is 0 Å². The molecule has 0 amide bonds. The Morgan fingerprint density at radius 2 is 1.92 bits per heavy atom. The highest BCUT2D eigenvalue weighted by Gasteiger charge is 1.97. The van der Waals surface area contributed by atoms with Gasteiger partial charge in [0.25, 0.3) is 0 Å².